The Kier molecular flexibility index (Phi) is 9.64. The van der Waals surface area contributed by atoms with E-state index in [1.807, 2.05) is 25.1 Å². The van der Waals surface area contributed by atoms with Crippen LogP contribution in [0.3, 0.4) is 0 Å². The van der Waals surface area contributed by atoms with Crippen LogP contribution in [-0.2, 0) is 15.3 Å². The van der Waals surface area contributed by atoms with Crippen LogP contribution in [0.2, 0.25) is 18.1 Å². The summed E-state index contributed by atoms with van der Waals surface area (Å²) in [5, 5.41) is 2.79. The molecule has 1 amide bonds. The van der Waals surface area contributed by atoms with Gasteiger partial charge in [-0.3, -0.25) is 9.78 Å². The molecule has 1 aromatic carbocycles. The third kappa shape index (κ3) is 8.22. The van der Waals surface area contributed by atoms with Crippen LogP contribution in [0.5, 0.6) is 0 Å². The van der Waals surface area contributed by atoms with Gasteiger partial charge >= 0.3 is 6.18 Å². The first-order valence-corrected chi connectivity index (χ1v) is 17.0. The highest BCUT2D eigenvalue weighted by Gasteiger charge is 2.37. The Balaban J connectivity index is 1.64. The number of nitrogens with zero attached hydrogens (tertiary/aromatic N) is 3. The van der Waals surface area contributed by atoms with E-state index >= 15 is 0 Å². The van der Waals surface area contributed by atoms with Gasteiger partial charge in [0.25, 0.3) is 5.91 Å². The molecule has 0 saturated carbocycles. The third-order valence-electron chi connectivity index (χ3n) is 7.79. The summed E-state index contributed by atoms with van der Waals surface area (Å²) in [4.78, 5) is 23.2. The summed E-state index contributed by atoms with van der Waals surface area (Å²) in [5.41, 5.74) is 2.39. The van der Waals surface area contributed by atoms with Crippen LogP contribution >= 0.6 is 0 Å². The molecule has 1 saturated heterocycles. The zero-order valence-electron chi connectivity index (χ0n) is 25.4. The molecule has 3 heterocycles. The maximum absolute atomic E-state index is 13.1. The van der Waals surface area contributed by atoms with Crippen molar-refractivity contribution in [1.82, 2.24) is 9.97 Å². The summed E-state index contributed by atoms with van der Waals surface area (Å²) in [5.74, 6) is 6.41. The van der Waals surface area contributed by atoms with E-state index in [0.717, 1.165) is 34.8 Å². The lowest BCUT2D eigenvalue weighted by atomic mass is 9.99. The number of carbonyl (C=O) groups is 1. The summed E-state index contributed by atoms with van der Waals surface area (Å²) in [7, 11) is -1.95. The molecule has 7 nitrogen and oxygen atoms in total. The molecule has 11 heteroatoms. The number of nitrogens with one attached hydrogen (secondary N) is 1. The average Bonchev–Trinajstić information content (AvgIpc) is 2.95. The van der Waals surface area contributed by atoms with E-state index in [9.17, 15) is 18.0 Å². The predicted octanol–water partition coefficient (Wildman–Crippen LogP) is 6.93. The molecule has 0 aliphatic carbocycles. The van der Waals surface area contributed by atoms with Gasteiger partial charge in [0.15, 0.2) is 8.32 Å². The van der Waals surface area contributed by atoms with E-state index in [-0.39, 0.29) is 10.6 Å². The Morgan fingerprint density at radius 1 is 1.09 bits per heavy atom. The number of aryl methyl sites for hydroxylation is 1. The topological polar surface area (TPSA) is 76.6 Å². The Morgan fingerprint density at radius 3 is 2.49 bits per heavy atom. The number of benzene rings is 1. The van der Waals surface area contributed by atoms with Gasteiger partial charge in [-0.1, -0.05) is 32.8 Å². The number of halogens is 3. The number of aromatic nitrogens is 2. The monoisotopic (exact) mass is 610 g/mol. The fourth-order valence-electron chi connectivity index (χ4n) is 4.19. The molecule has 1 fully saturated rings. The molecular formula is C32H37F3N4O3Si. The Hall–Kier alpha value is -3.72. The second-order valence-electron chi connectivity index (χ2n) is 12.0. The van der Waals surface area contributed by atoms with Crippen molar-refractivity contribution < 1.29 is 27.1 Å². The van der Waals surface area contributed by atoms with E-state index in [1.165, 1.54) is 6.07 Å². The summed E-state index contributed by atoms with van der Waals surface area (Å²) in [6.45, 7) is 15.7. The molecule has 1 aliphatic rings. The fraction of sp³-hybridized carbons (Fsp3) is 0.406. The molecule has 0 bridgehead atoms. The fourth-order valence-corrected chi connectivity index (χ4v) is 5.06. The number of morpholine rings is 1. The number of ether oxygens (including phenoxy) is 1. The van der Waals surface area contributed by atoms with Crippen molar-refractivity contribution in [3.8, 4) is 23.0 Å². The molecule has 43 heavy (non-hydrogen) atoms. The van der Waals surface area contributed by atoms with Crippen LogP contribution in [0.15, 0.2) is 48.7 Å². The van der Waals surface area contributed by atoms with Gasteiger partial charge in [-0.05, 0) is 84.1 Å². The summed E-state index contributed by atoms with van der Waals surface area (Å²) >= 11 is 0. The number of amides is 1. The second-order valence-corrected chi connectivity index (χ2v) is 16.8. The van der Waals surface area contributed by atoms with E-state index in [2.05, 4.69) is 60.9 Å². The number of hydrogen-bond acceptors (Lipinski definition) is 6. The highest BCUT2D eigenvalue weighted by Crippen LogP contribution is 2.36. The maximum Gasteiger partial charge on any atom is 0.433 e. The lowest BCUT2D eigenvalue weighted by Gasteiger charge is -2.35. The predicted molar refractivity (Wildman–Crippen MR) is 165 cm³/mol. The van der Waals surface area contributed by atoms with Crippen molar-refractivity contribution in [3.05, 3.63) is 71.2 Å². The second kappa shape index (κ2) is 12.9. The van der Waals surface area contributed by atoms with Gasteiger partial charge in [0, 0.05) is 30.5 Å². The van der Waals surface area contributed by atoms with Gasteiger partial charge in [-0.25, -0.2) is 4.98 Å². The largest absolute Gasteiger partial charge is 0.433 e. The van der Waals surface area contributed by atoms with Gasteiger partial charge in [-0.2, -0.15) is 13.2 Å². The van der Waals surface area contributed by atoms with Gasteiger partial charge in [0.2, 0.25) is 0 Å². The van der Waals surface area contributed by atoms with Crippen molar-refractivity contribution in [3.63, 3.8) is 0 Å². The Morgan fingerprint density at radius 2 is 1.81 bits per heavy atom. The minimum Gasteiger partial charge on any atom is -0.406 e. The molecule has 1 N–H and O–H groups in total. The Bertz CT molecular complexity index is 1540. The van der Waals surface area contributed by atoms with E-state index in [0.29, 0.717) is 44.3 Å². The van der Waals surface area contributed by atoms with Crippen molar-refractivity contribution >= 4 is 25.7 Å². The smallest absolute Gasteiger partial charge is 0.406 e. The van der Waals surface area contributed by atoms with E-state index in [1.54, 1.807) is 12.1 Å². The van der Waals surface area contributed by atoms with Crippen molar-refractivity contribution in [2.24, 2.45) is 0 Å². The molecule has 0 atom stereocenters. The van der Waals surface area contributed by atoms with Crippen LogP contribution in [-0.4, -0.2) is 57.1 Å². The molecular weight excluding hydrogens is 573 g/mol. The number of carbonyl (C=O) groups excluding carboxylic acids is 1. The van der Waals surface area contributed by atoms with Crippen LogP contribution < -0.4 is 10.2 Å². The molecule has 228 valence electrons. The number of hydrogen-bond donors (Lipinski definition) is 1. The van der Waals surface area contributed by atoms with Gasteiger partial charge < -0.3 is 19.4 Å². The SMILES string of the molecule is Cc1ccc(NC(=O)c2ccnc(C(F)(F)F)c2)cc1-c1cc(C#CCO[Si](C)(C)C(C)(C)C)nc(N2CCOCC2)c1. The first-order chi connectivity index (χ1) is 20.1. The molecule has 4 rings (SSSR count). The zero-order valence-corrected chi connectivity index (χ0v) is 26.4. The lowest BCUT2D eigenvalue weighted by molar-refractivity contribution is -0.141. The van der Waals surface area contributed by atoms with Crippen LogP contribution in [0, 0.1) is 18.8 Å². The first kappa shape index (κ1) is 32.2. The zero-order chi connectivity index (χ0) is 31.4. The molecule has 0 spiro atoms. The molecule has 3 aromatic rings. The Labute approximate surface area is 252 Å². The quantitative estimate of drug-likeness (QED) is 0.241. The number of alkyl halides is 3. The average molecular weight is 611 g/mol. The first-order valence-electron chi connectivity index (χ1n) is 14.1. The van der Waals surface area contributed by atoms with Crippen LogP contribution in [0.25, 0.3) is 11.1 Å². The lowest BCUT2D eigenvalue weighted by Crippen LogP contribution is -2.40. The highest BCUT2D eigenvalue weighted by molar-refractivity contribution is 6.74. The molecule has 0 unspecified atom stereocenters. The minimum atomic E-state index is -4.65. The number of anilines is 2. The van der Waals surface area contributed by atoms with Crippen molar-refractivity contribution in [2.75, 3.05) is 43.1 Å². The van der Waals surface area contributed by atoms with Gasteiger partial charge in [0.05, 0.1) is 19.8 Å². The summed E-state index contributed by atoms with van der Waals surface area (Å²) in [6, 6.07) is 11.2. The molecule has 2 aromatic heterocycles. The maximum atomic E-state index is 13.1. The number of pyridine rings is 2. The number of rotatable bonds is 6. The third-order valence-corrected chi connectivity index (χ3v) is 12.3. The van der Waals surface area contributed by atoms with Gasteiger partial charge in [-0.15, -0.1) is 0 Å². The molecule has 1 aliphatic heterocycles. The normalized spacial score (nSPS) is 14.2. The van der Waals surface area contributed by atoms with Crippen LogP contribution in [0.1, 0.15) is 48.1 Å². The standard InChI is InChI=1S/C32H37F3N4O3Si/c1-22-9-10-26(38-30(40)23-11-12-36-28(19-23)32(33,34)35)21-27(22)24-18-25(8-7-15-42-43(5,6)31(2,3)4)37-29(20-24)39-13-16-41-17-14-39/h9-12,18-21H,13-17H2,1-6H3,(H,38,40). The minimum absolute atomic E-state index is 0.0757. The summed E-state index contributed by atoms with van der Waals surface area (Å²) in [6.07, 6.45) is -3.67. The molecule has 0 radical (unpaired) electrons. The van der Waals surface area contributed by atoms with Crippen molar-refractivity contribution in [1.29, 1.82) is 0 Å². The van der Waals surface area contributed by atoms with E-state index in [4.69, 9.17) is 14.1 Å². The van der Waals surface area contributed by atoms with Crippen molar-refractivity contribution in [2.45, 2.75) is 52.0 Å². The summed E-state index contributed by atoms with van der Waals surface area (Å²) < 4.78 is 51.1. The van der Waals surface area contributed by atoms with E-state index < -0.39 is 26.1 Å². The highest BCUT2D eigenvalue weighted by atomic mass is 28.4. The van der Waals surface area contributed by atoms with Crippen LogP contribution in [0.4, 0.5) is 24.7 Å². The van der Waals surface area contributed by atoms with Gasteiger partial charge in [0.1, 0.15) is 17.2 Å².